The summed E-state index contributed by atoms with van der Waals surface area (Å²) < 4.78 is 22.6. The second-order valence-electron chi connectivity index (χ2n) is 15.4. The predicted molar refractivity (Wildman–Crippen MR) is 215 cm³/mol. The first-order chi connectivity index (χ1) is 28.2. The second kappa shape index (κ2) is 17.1. The van der Waals surface area contributed by atoms with Gasteiger partial charge in [0.25, 0.3) is 5.91 Å². The highest BCUT2D eigenvalue weighted by atomic mass is 19.1. The zero-order valence-corrected chi connectivity index (χ0v) is 32.5. The first-order valence-corrected chi connectivity index (χ1v) is 20.0. The number of nitrogen functional groups attached to an aromatic ring is 1. The van der Waals surface area contributed by atoms with Crippen molar-refractivity contribution in [2.75, 3.05) is 43.4 Å². The van der Waals surface area contributed by atoms with Gasteiger partial charge >= 0.3 is 0 Å². The van der Waals surface area contributed by atoms with E-state index >= 15 is 0 Å². The molecule has 0 radical (unpaired) electrons. The van der Waals surface area contributed by atoms with Crippen LogP contribution < -0.4 is 26.0 Å². The molecule has 0 aliphatic carbocycles. The number of carbonyl (C=O) groups excluding carboxylic acids is 3. The van der Waals surface area contributed by atoms with E-state index in [1.165, 1.54) is 23.4 Å². The standard InChI is InChI=1S/C42H48FN11O4/c1-27(35-23-32(43)4-8-37(35)54-46-15-16-47-54)58-38-22-30(24-45-40(38)44)31-25-48-53(26-31)34-13-18-51(19-14-34)17-10-28-11-20-52(21-12-28)33-5-2-29(3-6-33)41(56)49-36-7-9-39(55)50-42(36)57/h2-6,8,15-16,22-28,34,36H,7,9-14,17-21H2,1H3,(H2,44,45)(H,49,56)(H,50,55,57)/t27-,36?/m1/s1. The van der Waals surface area contributed by atoms with Crippen LogP contribution >= 0.6 is 0 Å². The fourth-order valence-corrected chi connectivity index (χ4v) is 8.17. The Labute approximate surface area is 335 Å². The molecule has 3 fully saturated rings. The summed E-state index contributed by atoms with van der Waals surface area (Å²) in [4.78, 5) is 46.9. The van der Waals surface area contributed by atoms with Crippen LogP contribution in [0.25, 0.3) is 16.8 Å². The topological polar surface area (TPSA) is 178 Å². The number of carbonyl (C=O) groups is 3. The number of nitrogens with zero attached hydrogens (tertiary/aromatic N) is 8. The number of halogens is 1. The molecule has 3 aromatic heterocycles. The molecule has 0 spiro atoms. The lowest BCUT2D eigenvalue weighted by atomic mass is 9.92. The van der Waals surface area contributed by atoms with E-state index in [2.05, 4.69) is 46.5 Å². The third-order valence-corrected chi connectivity index (χ3v) is 11.6. The normalized spacial score (nSPS) is 18.9. The predicted octanol–water partition coefficient (Wildman–Crippen LogP) is 4.87. The molecule has 58 heavy (non-hydrogen) atoms. The van der Waals surface area contributed by atoms with Gasteiger partial charge in [-0.1, -0.05) is 0 Å². The molecule has 1 unspecified atom stereocenters. The first-order valence-electron chi connectivity index (χ1n) is 20.0. The number of nitrogens with two attached hydrogens (primary N) is 1. The SMILES string of the molecule is C[C@@H](Oc1cc(-c2cnn(C3CCN(CCC4CCN(c5ccc(C(=O)NC6CCC(=O)NC6=O)cc5)CC4)CC3)c2)cnc1N)c1cc(F)ccc1-n1nccn1. The number of imide groups is 1. The zero-order chi connectivity index (χ0) is 40.2. The van der Waals surface area contributed by atoms with Gasteiger partial charge < -0.3 is 25.6 Å². The molecule has 4 N–H and O–H groups in total. The number of pyridine rings is 1. The quantitative estimate of drug-likeness (QED) is 0.147. The Bertz CT molecular complexity index is 2230. The third kappa shape index (κ3) is 8.86. The van der Waals surface area contributed by atoms with E-state index in [1.807, 2.05) is 31.3 Å². The summed E-state index contributed by atoms with van der Waals surface area (Å²) in [7, 11) is 0. The van der Waals surface area contributed by atoms with Crippen LogP contribution in [0.3, 0.4) is 0 Å². The summed E-state index contributed by atoms with van der Waals surface area (Å²) in [5, 5.41) is 18.1. The van der Waals surface area contributed by atoms with Gasteiger partial charge in [-0.05, 0) is 106 Å². The molecule has 15 nitrogen and oxygen atoms in total. The van der Waals surface area contributed by atoms with E-state index in [9.17, 15) is 18.8 Å². The van der Waals surface area contributed by atoms with E-state index in [-0.39, 0.29) is 24.1 Å². The molecule has 3 aliphatic heterocycles. The van der Waals surface area contributed by atoms with Gasteiger partial charge in [0.2, 0.25) is 11.8 Å². The summed E-state index contributed by atoms with van der Waals surface area (Å²) in [6.07, 6.45) is 14.2. The summed E-state index contributed by atoms with van der Waals surface area (Å²) >= 11 is 0. The highest BCUT2D eigenvalue weighted by molar-refractivity contribution is 6.03. The van der Waals surface area contributed by atoms with Crippen LogP contribution in [0, 0.1) is 11.7 Å². The van der Waals surface area contributed by atoms with E-state index < -0.39 is 23.9 Å². The van der Waals surface area contributed by atoms with Crippen LogP contribution in [0.15, 0.2) is 79.5 Å². The van der Waals surface area contributed by atoms with E-state index in [1.54, 1.807) is 36.8 Å². The number of aromatic nitrogens is 6. The molecule has 5 aromatic rings. The number of hydrogen-bond donors (Lipinski definition) is 3. The molecule has 302 valence electrons. The lowest BCUT2D eigenvalue weighted by molar-refractivity contribution is -0.134. The summed E-state index contributed by atoms with van der Waals surface area (Å²) in [5.74, 6) is -0.160. The fourth-order valence-electron chi connectivity index (χ4n) is 8.17. The maximum atomic E-state index is 14.3. The molecule has 0 bridgehead atoms. The van der Waals surface area contributed by atoms with Gasteiger partial charge in [-0.3, -0.25) is 24.4 Å². The van der Waals surface area contributed by atoms with E-state index in [0.29, 0.717) is 40.9 Å². The molecule has 3 aliphatic rings. The average Bonchev–Trinajstić information content (AvgIpc) is 3.97. The molecule has 2 atom stereocenters. The van der Waals surface area contributed by atoms with Gasteiger partial charge in [-0.25, -0.2) is 9.37 Å². The Morgan fingerprint density at radius 2 is 1.71 bits per heavy atom. The molecule has 3 saturated heterocycles. The van der Waals surface area contributed by atoms with Gasteiger partial charge in [0, 0.05) is 72.9 Å². The summed E-state index contributed by atoms with van der Waals surface area (Å²) in [6, 6.07) is 13.4. The lowest BCUT2D eigenvalue weighted by Crippen LogP contribution is -2.52. The molecule has 3 amide bonds. The van der Waals surface area contributed by atoms with Gasteiger partial charge in [0.05, 0.1) is 30.3 Å². The molecular weight excluding hydrogens is 742 g/mol. The molecule has 6 heterocycles. The highest BCUT2D eigenvalue weighted by Crippen LogP contribution is 2.34. The number of anilines is 2. The smallest absolute Gasteiger partial charge is 0.251 e. The van der Waals surface area contributed by atoms with Crippen molar-refractivity contribution < 1.29 is 23.5 Å². The number of ether oxygens (including phenoxy) is 1. The van der Waals surface area contributed by atoms with Crippen molar-refractivity contribution in [1.29, 1.82) is 0 Å². The van der Waals surface area contributed by atoms with Crippen molar-refractivity contribution >= 4 is 29.2 Å². The average molecular weight is 790 g/mol. The van der Waals surface area contributed by atoms with Crippen LogP contribution in [0.2, 0.25) is 0 Å². The Morgan fingerprint density at radius 1 is 0.948 bits per heavy atom. The zero-order valence-electron chi connectivity index (χ0n) is 32.5. The minimum atomic E-state index is -0.690. The summed E-state index contributed by atoms with van der Waals surface area (Å²) in [6.45, 7) is 6.92. The minimum absolute atomic E-state index is 0.221. The Morgan fingerprint density at radius 3 is 2.45 bits per heavy atom. The highest BCUT2D eigenvalue weighted by Gasteiger charge is 2.29. The van der Waals surface area contributed by atoms with Crippen LogP contribution in [0.1, 0.15) is 79.9 Å². The Balaban J connectivity index is 0.783. The Kier molecular flexibility index (Phi) is 11.4. The number of piperidine rings is 3. The fraction of sp³-hybridized carbons (Fsp3) is 0.405. The number of rotatable bonds is 12. The number of amides is 3. The number of likely N-dealkylation sites (tertiary alicyclic amines) is 1. The van der Waals surface area contributed by atoms with Gasteiger partial charge in [0.1, 0.15) is 18.0 Å². The second-order valence-corrected chi connectivity index (χ2v) is 15.4. The monoisotopic (exact) mass is 789 g/mol. The lowest BCUT2D eigenvalue weighted by Gasteiger charge is -2.36. The van der Waals surface area contributed by atoms with Crippen molar-refractivity contribution in [1.82, 2.24) is 45.3 Å². The molecular formula is C42H48FN11O4. The van der Waals surface area contributed by atoms with Crippen molar-refractivity contribution in [2.24, 2.45) is 5.92 Å². The minimum Gasteiger partial charge on any atom is -0.482 e. The van der Waals surface area contributed by atoms with Crippen LogP contribution in [-0.4, -0.2) is 91.1 Å². The van der Waals surface area contributed by atoms with Crippen LogP contribution in [-0.2, 0) is 9.59 Å². The molecule has 2 aromatic carbocycles. The molecule has 16 heteroatoms. The van der Waals surface area contributed by atoms with Crippen molar-refractivity contribution in [3.8, 4) is 22.6 Å². The third-order valence-electron chi connectivity index (χ3n) is 11.6. The number of nitrogens with one attached hydrogen (secondary N) is 2. The maximum absolute atomic E-state index is 14.3. The van der Waals surface area contributed by atoms with E-state index in [4.69, 9.17) is 15.6 Å². The maximum Gasteiger partial charge on any atom is 0.251 e. The Hall–Kier alpha value is -6.16. The first kappa shape index (κ1) is 38.7. The van der Waals surface area contributed by atoms with Gasteiger partial charge in [-0.2, -0.15) is 20.1 Å². The molecule has 0 saturated carbocycles. The van der Waals surface area contributed by atoms with Crippen LogP contribution in [0.5, 0.6) is 5.75 Å². The van der Waals surface area contributed by atoms with Crippen molar-refractivity contribution in [2.45, 2.75) is 70.1 Å². The number of hydrogen-bond acceptors (Lipinski definition) is 11. The van der Waals surface area contributed by atoms with Gasteiger partial charge in [0.15, 0.2) is 11.6 Å². The van der Waals surface area contributed by atoms with Crippen molar-refractivity contribution in [3.63, 3.8) is 0 Å². The number of benzene rings is 2. The molecule has 8 rings (SSSR count). The van der Waals surface area contributed by atoms with Crippen molar-refractivity contribution in [3.05, 3.63) is 96.5 Å². The largest absolute Gasteiger partial charge is 0.482 e. The van der Waals surface area contributed by atoms with Crippen LogP contribution in [0.4, 0.5) is 15.9 Å². The van der Waals surface area contributed by atoms with E-state index in [0.717, 1.165) is 75.2 Å². The summed E-state index contributed by atoms with van der Waals surface area (Å²) in [5.41, 5.74) is 10.7. The van der Waals surface area contributed by atoms with Gasteiger partial charge in [-0.15, -0.1) is 0 Å².